The molecule has 18 heavy (non-hydrogen) atoms. The van der Waals surface area contributed by atoms with Crippen LogP contribution in [-0.2, 0) is 4.79 Å². The Bertz CT molecular complexity index is 529. The summed E-state index contributed by atoms with van der Waals surface area (Å²) in [7, 11) is 0. The lowest BCUT2D eigenvalue weighted by Crippen LogP contribution is -2.00. The minimum Gasteiger partial charge on any atom is -0.508 e. The Balaban J connectivity index is 2.06. The van der Waals surface area contributed by atoms with Gasteiger partial charge >= 0.3 is 5.97 Å². The fraction of sp³-hybridized carbons (Fsp3) is 0.0714. The third-order valence-corrected chi connectivity index (χ3v) is 2.16. The molecule has 0 bridgehead atoms. The van der Waals surface area contributed by atoms with Gasteiger partial charge in [0.25, 0.3) is 0 Å². The van der Waals surface area contributed by atoms with Crippen LogP contribution in [0.15, 0.2) is 48.5 Å². The second-order valence-corrected chi connectivity index (χ2v) is 3.66. The standard InChI is InChI=1S/C14H12O4/c1-10(15)17-12-6-8-14(9-7-12)18-13-4-2-11(16)3-5-13/h2-9,16H,1H3. The Kier molecular flexibility index (Phi) is 3.48. The lowest BCUT2D eigenvalue weighted by Gasteiger charge is -2.06. The molecule has 0 saturated carbocycles. The van der Waals surface area contributed by atoms with Crippen molar-refractivity contribution in [3.05, 3.63) is 48.5 Å². The van der Waals surface area contributed by atoms with Crippen LogP contribution in [0.2, 0.25) is 0 Å². The third kappa shape index (κ3) is 3.25. The molecular formula is C14H12O4. The first-order valence-corrected chi connectivity index (χ1v) is 5.39. The van der Waals surface area contributed by atoms with E-state index in [1.165, 1.54) is 6.92 Å². The first-order valence-electron chi connectivity index (χ1n) is 5.39. The van der Waals surface area contributed by atoms with Crippen molar-refractivity contribution in [2.45, 2.75) is 6.92 Å². The molecule has 4 nitrogen and oxygen atoms in total. The Labute approximate surface area is 104 Å². The SMILES string of the molecule is CC(=O)Oc1ccc(Oc2ccc(O)cc2)cc1. The molecular weight excluding hydrogens is 232 g/mol. The average molecular weight is 244 g/mol. The normalized spacial score (nSPS) is 9.83. The molecule has 0 aliphatic carbocycles. The molecule has 0 spiro atoms. The van der Waals surface area contributed by atoms with Crippen LogP contribution in [0.25, 0.3) is 0 Å². The van der Waals surface area contributed by atoms with Crippen molar-refractivity contribution >= 4 is 5.97 Å². The van der Waals surface area contributed by atoms with E-state index in [1.54, 1.807) is 48.5 Å². The van der Waals surface area contributed by atoms with Gasteiger partial charge in [-0.25, -0.2) is 0 Å². The van der Waals surface area contributed by atoms with E-state index in [4.69, 9.17) is 14.6 Å². The number of ether oxygens (including phenoxy) is 2. The van der Waals surface area contributed by atoms with Crippen LogP contribution in [0.4, 0.5) is 0 Å². The highest BCUT2D eigenvalue weighted by atomic mass is 16.5. The molecule has 0 aliphatic rings. The van der Waals surface area contributed by atoms with Gasteiger partial charge < -0.3 is 14.6 Å². The van der Waals surface area contributed by atoms with Gasteiger partial charge in [-0.2, -0.15) is 0 Å². The first kappa shape index (κ1) is 12.0. The molecule has 0 radical (unpaired) electrons. The van der Waals surface area contributed by atoms with Crippen molar-refractivity contribution in [2.75, 3.05) is 0 Å². The van der Waals surface area contributed by atoms with Crippen LogP contribution in [0.1, 0.15) is 6.92 Å². The monoisotopic (exact) mass is 244 g/mol. The number of carbonyl (C=O) groups excluding carboxylic acids is 1. The summed E-state index contributed by atoms with van der Waals surface area (Å²) in [4.78, 5) is 10.7. The van der Waals surface area contributed by atoms with E-state index in [-0.39, 0.29) is 11.7 Å². The van der Waals surface area contributed by atoms with E-state index < -0.39 is 0 Å². The molecule has 4 heteroatoms. The number of phenolic OH excluding ortho intramolecular Hbond substituents is 1. The summed E-state index contributed by atoms with van der Waals surface area (Å²) in [6.07, 6.45) is 0. The summed E-state index contributed by atoms with van der Waals surface area (Å²) in [5.74, 6) is 1.54. The molecule has 1 N–H and O–H groups in total. The zero-order chi connectivity index (χ0) is 13.0. The van der Waals surface area contributed by atoms with Gasteiger partial charge in [0.2, 0.25) is 0 Å². The molecule has 0 aliphatic heterocycles. The molecule has 2 aromatic carbocycles. The van der Waals surface area contributed by atoms with Gasteiger partial charge in [0.15, 0.2) is 0 Å². The number of rotatable bonds is 3. The van der Waals surface area contributed by atoms with E-state index in [0.717, 1.165) is 0 Å². The van der Waals surface area contributed by atoms with Crippen LogP contribution in [-0.4, -0.2) is 11.1 Å². The van der Waals surface area contributed by atoms with E-state index >= 15 is 0 Å². The summed E-state index contributed by atoms with van der Waals surface area (Å²) < 4.78 is 10.4. The number of carbonyl (C=O) groups is 1. The molecule has 0 atom stereocenters. The van der Waals surface area contributed by atoms with Gasteiger partial charge in [0, 0.05) is 6.92 Å². The minimum absolute atomic E-state index is 0.188. The van der Waals surface area contributed by atoms with E-state index in [1.807, 2.05) is 0 Å². The second kappa shape index (κ2) is 5.23. The second-order valence-electron chi connectivity index (χ2n) is 3.66. The highest BCUT2D eigenvalue weighted by Gasteiger charge is 2.00. The van der Waals surface area contributed by atoms with E-state index in [0.29, 0.717) is 17.2 Å². The Morgan fingerprint density at radius 2 is 1.33 bits per heavy atom. The number of benzene rings is 2. The van der Waals surface area contributed by atoms with Gasteiger partial charge in [-0.1, -0.05) is 0 Å². The fourth-order valence-electron chi connectivity index (χ4n) is 1.39. The highest BCUT2D eigenvalue weighted by molar-refractivity contribution is 5.69. The van der Waals surface area contributed by atoms with Crippen molar-refractivity contribution in [1.29, 1.82) is 0 Å². The smallest absolute Gasteiger partial charge is 0.308 e. The Hall–Kier alpha value is -2.49. The maximum atomic E-state index is 10.7. The predicted molar refractivity (Wildman–Crippen MR) is 65.9 cm³/mol. The van der Waals surface area contributed by atoms with Gasteiger partial charge in [-0.15, -0.1) is 0 Å². The number of phenols is 1. The third-order valence-electron chi connectivity index (χ3n) is 2.16. The molecule has 0 amide bonds. The maximum Gasteiger partial charge on any atom is 0.308 e. The van der Waals surface area contributed by atoms with Crippen LogP contribution >= 0.6 is 0 Å². The molecule has 0 aromatic heterocycles. The van der Waals surface area contributed by atoms with Crippen molar-refractivity contribution < 1.29 is 19.4 Å². The molecule has 0 heterocycles. The maximum absolute atomic E-state index is 10.7. The van der Waals surface area contributed by atoms with Gasteiger partial charge in [0.1, 0.15) is 23.0 Å². The summed E-state index contributed by atoms with van der Waals surface area (Å²) in [6.45, 7) is 1.35. The summed E-state index contributed by atoms with van der Waals surface area (Å²) in [6, 6.07) is 13.1. The predicted octanol–water partition coefficient (Wildman–Crippen LogP) is 3.11. The van der Waals surface area contributed by atoms with Crippen LogP contribution in [0, 0.1) is 0 Å². The topological polar surface area (TPSA) is 55.8 Å². The molecule has 2 rings (SSSR count). The number of hydrogen-bond acceptors (Lipinski definition) is 4. The summed E-state index contributed by atoms with van der Waals surface area (Å²) in [5, 5.41) is 9.14. The van der Waals surface area contributed by atoms with E-state index in [9.17, 15) is 4.79 Å². The zero-order valence-electron chi connectivity index (χ0n) is 9.79. The highest BCUT2D eigenvalue weighted by Crippen LogP contribution is 2.25. The largest absolute Gasteiger partial charge is 0.508 e. The molecule has 92 valence electrons. The zero-order valence-corrected chi connectivity index (χ0v) is 9.79. The van der Waals surface area contributed by atoms with Crippen molar-refractivity contribution in [3.63, 3.8) is 0 Å². The number of esters is 1. The number of aromatic hydroxyl groups is 1. The molecule has 2 aromatic rings. The fourth-order valence-corrected chi connectivity index (χ4v) is 1.39. The van der Waals surface area contributed by atoms with Crippen LogP contribution < -0.4 is 9.47 Å². The van der Waals surface area contributed by atoms with Crippen LogP contribution in [0.5, 0.6) is 23.0 Å². The number of hydrogen-bond donors (Lipinski definition) is 1. The van der Waals surface area contributed by atoms with Crippen molar-refractivity contribution in [2.24, 2.45) is 0 Å². The molecule has 0 fully saturated rings. The molecule has 0 unspecified atom stereocenters. The van der Waals surface area contributed by atoms with Crippen molar-refractivity contribution in [1.82, 2.24) is 0 Å². The first-order chi connectivity index (χ1) is 8.63. The van der Waals surface area contributed by atoms with E-state index in [2.05, 4.69) is 0 Å². The quantitative estimate of drug-likeness (QED) is 0.665. The van der Waals surface area contributed by atoms with Gasteiger partial charge in [-0.05, 0) is 48.5 Å². The lowest BCUT2D eigenvalue weighted by atomic mass is 10.3. The molecule has 0 saturated heterocycles. The van der Waals surface area contributed by atoms with Crippen molar-refractivity contribution in [3.8, 4) is 23.0 Å². The van der Waals surface area contributed by atoms with Crippen LogP contribution in [0.3, 0.4) is 0 Å². The summed E-state index contributed by atoms with van der Waals surface area (Å²) >= 11 is 0. The Morgan fingerprint density at radius 1 is 0.889 bits per heavy atom. The minimum atomic E-state index is -0.359. The average Bonchev–Trinajstić information content (AvgIpc) is 2.34. The Morgan fingerprint density at radius 3 is 1.83 bits per heavy atom. The van der Waals surface area contributed by atoms with Gasteiger partial charge in [0.05, 0.1) is 0 Å². The summed E-state index contributed by atoms with van der Waals surface area (Å²) in [5.41, 5.74) is 0. The lowest BCUT2D eigenvalue weighted by molar-refractivity contribution is -0.131. The van der Waals surface area contributed by atoms with Gasteiger partial charge in [-0.3, -0.25) is 4.79 Å².